The Bertz CT molecular complexity index is 1340. The fraction of sp³-hybridized carbons (Fsp3) is 0. The number of hydrogen-bond acceptors (Lipinski definition) is 9. The Morgan fingerprint density at radius 1 is 0.625 bits per heavy atom. The number of benzene rings is 2. The van der Waals surface area contributed by atoms with Crippen LogP contribution in [0, 0.1) is 0 Å². The minimum absolute atomic E-state index is 0.108. The first-order valence-electron chi connectivity index (χ1n) is 7.05. The van der Waals surface area contributed by atoms with Crippen LogP contribution in [-0.4, -0.2) is 33.2 Å². The molecule has 2 aromatic carbocycles. The van der Waals surface area contributed by atoms with Crippen molar-refractivity contribution in [2.75, 3.05) is 0 Å². The second-order valence-corrected chi connectivity index (χ2v) is 6.47. The topological polar surface area (TPSA) is 94.4 Å². The average Bonchev–Trinajstić information content (AvgIpc) is 3.32. The molecule has 0 atom stereocenters. The summed E-state index contributed by atoms with van der Waals surface area (Å²) in [7, 11) is 0. The lowest BCUT2D eigenvalue weighted by molar-refractivity contribution is 0.103. The molecule has 0 fully saturated rings. The molecule has 1 aliphatic rings. The smallest absolute Gasteiger partial charge is 0.214 e. The summed E-state index contributed by atoms with van der Waals surface area (Å²) in [5.74, 6) is -0.108. The van der Waals surface area contributed by atoms with E-state index in [2.05, 4.69) is 22.5 Å². The zero-order valence-corrected chi connectivity index (χ0v) is 13.4. The highest BCUT2D eigenvalue weighted by Gasteiger charge is 2.31. The first kappa shape index (κ1) is 12.5. The monoisotopic (exact) mass is 348 g/mol. The van der Waals surface area contributed by atoms with E-state index in [1.54, 1.807) is 6.07 Å². The van der Waals surface area contributed by atoms with Crippen molar-refractivity contribution in [2.24, 2.45) is 0 Å². The summed E-state index contributed by atoms with van der Waals surface area (Å²) in [6.07, 6.45) is 0. The highest BCUT2D eigenvalue weighted by atomic mass is 32.1. The minimum atomic E-state index is -0.108. The summed E-state index contributed by atoms with van der Waals surface area (Å²) in [4.78, 5) is 22.0. The number of fused-ring (bicyclic) bond motifs is 9. The van der Waals surface area contributed by atoms with Crippen molar-refractivity contribution in [3.63, 3.8) is 0 Å². The molecule has 0 aliphatic heterocycles. The van der Waals surface area contributed by atoms with Crippen molar-refractivity contribution in [2.45, 2.75) is 0 Å². The zero-order valence-electron chi connectivity index (χ0n) is 11.7. The van der Waals surface area contributed by atoms with Gasteiger partial charge in [0.2, 0.25) is 5.78 Å². The predicted octanol–water partition coefficient (Wildman–Crippen LogP) is 2.85. The van der Waals surface area contributed by atoms with Crippen LogP contribution in [0.15, 0.2) is 24.3 Å². The van der Waals surface area contributed by atoms with Gasteiger partial charge in [0.25, 0.3) is 0 Å². The quantitative estimate of drug-likeness (QED) is 0.416. The Morgan fingerprint density at radius 2 is 1.12 bits per heavy atom. The van der Waals surface area contributed by atoms with E-state index in [-0.39, 0.29) is 5.78 Å². The highest BCUT2D eigenvalue weighted by molar-refractivity contribution is 7.01. The molecule has 0 radical (unpaired) electrons. The Kier molecular flexibility index (Phi) is 2.15. The Hall–Kier alpha value is -2.91. The second-order valence-electron chi connectivity index (χ2n) is 5.42. The van der Waals surface area contributed by atoms with Gasteiger partial charge in [-0.2, -0.15) is 17.5 Å². The molecule has 5 aromatic rings. The van der Waals surface area contributed by atoms with Gasteiger partial charge in [-0.15, -0.1) is 0 Å². The number of aromatic nitrogens is 6. The van der Waals surface area contributed by atoms with E-state index in [4.69, 9.17) is 4.98 Å². The van der Waals surface area contributed by atoms with Crippen LogP contribution in [0.5, 0.6) is 0 Å². The molecule has 7 nitrogen and oxygen atoms in total. The normalized spacial score (nSPS) is 13.1. The third kappa shape index (κ3) is 1.35. The maximum atomic E-state index is 12.7. The number of carbonyl (C=O) groups excluding carboxylic acids is 1. The van der Waals surface area contributed by atoms with E-state index >= 15 is 0 Å². The van der Waals surface area contributed by atoms with Crippen LogP contribution in [0.4, 0.5) is 0 Å². The average molecular weight is 348 g/mol. The number of nitrogens with zero attached hydrogens (tertiary/aromatic N) is 6. The van der Waals surface area contributed by atoms with Crippen molar-refractivity contribution < 1.29 is 4.79 Å². The maximum absolute atomic E-state index is 12.7. The lowest BCUT2D eigenvalue weighted by atomic mass is 10.1. The summed E-state index contributed by atoms with van der Waals surface area (Å²) in [6, 6.07) is 7.42. The van der Waals surface area contributed by atoms with E-state index in [9.17, 15) is 4.79 Å². The van der Waals surface area contributed by atoms with Crippen LogP contribution >= 0.6 is 23.5 Å². The van der Waals surface area contributed by atoms with E-state index in [0.717, 1.165) is 29.0 Å². The van der Waals surface area contributed by atoms with Gasteiger partial charge in [-0.3, -0.25) is 4.79 Å². The zero-order chi connectivity index (χ0) is 15.8. The summed E-state index contributed by atoms with van der Waals surface area (Å²) < 4.78 is 17.3. The minimum Gasteiger partial charge on any atom is -0.287 e. The second kappa shape index (κ2) is 4.13. The largest absolute Gasteiger partial charge is 0.287 e. The van der Waals surface area contributed by atoms with E-state index in [1.807, 2.05) is 18.2 Å². The first-order chi connectivity index (χ1) is 11.8. The van der Waals surface area contributed by atoms with Gasteiger partial charge in [-0.05, 0) is 0 Å². The lowest BCUT2D eigenvalue weighted by Gasteiger charge is -2.03. The van der Waals surface area contributed by atoms with Crippen LogP contribution in [0.25, 0.3) is 44.4 Å². The fourth-order valence-corrected chi connectivity index (χ4v) is 4.23. The number of carbonyl (C=O) groups is 1. The van der Waals surface area contributed by atoms with Crippen molar-refractivity contribution in [3.8, 4) is 11.3 Å². The van der Waals surface area contributed by atoms with Crippen molar-refractivity contribution in [1.29, 1.82) is 0 Å². The van der Waals surface area contributed by atoms with E-state index in [1.165, 1.54) is 0 Å². The molecule has 0 spiro atoms. The molecular weight excluding hydrogens is 344 g/mol. The number of rotatable bonds is 0. The molecule has 0 N–H and O–H groups in total. The Labute approximate surface area is 141 Å². The van der Waals surface area contributed by atoms with E-state index in [0.29, 0.717) is 50.1 Å². The lowest BCUT2D eigenvalue weighted by Crippen LogP contribution is -2.00. The van der Waals surface area contributed by atoms with Gasteiger partial charge >= 0.3 is 0 Å². The molecule has 0 saturated carbocycles. The molecule has 6 rings (SSSR count). The van der Waals surface area contributed by atoms with Gasteiger partial charge in [0, 0.05) is 11.1 Å². The molecular formula is C15H4N6OS2. The van der Waals surface area contributed by atoms with Crippen LogP contribution in [-0.2, 0) is 0 Å². The molecule has 3 aromatic heterocycles. The summed E-state index contributed by atoms with van der Waals surface area (Å²) in [5.41, 5.74) is 6.18. The first-order valence-corrected chi connectivity index (χ1v) is 8.51. The van der Waals surface area contributed by atoms with Gasteiger partial charge < -0.3 is 0 Å². The molecule has 0 unspecified atom stereocenters. The van der Waals surface area contributed by atoms with Crippen molar-refractivity contribution in [3.05, 3.63) is 35.5 Å². The standard InChI is InChI=1S/C15H4N6OS2/c22-15-6-4-2-1-3-5(6)7-14(15)17-9-8(16-7)10-12(20-23-18-10)13-11(9)19-24-21-13/h1-4H. The molecule has 9 heteroatoms. The Morgan fingerprint density at radius 3 is 1.75 bits per heavy atom. The molecule has 0 bridgehead atoms. The van der Waals surface area contributed by atoms with Crippen molar-refractivity contribution >= 4 is 62.3 Å². The van der Waals surface area contributed by atoms with Crippen LogP contribution < -0.4 is 0 Å². The van der Waals surface area contributed by atoms with Gasteiger partial charge in [0.1, 0.15) is 44.5 Å². The molecule has 1 aliphatic carbocycles. The molecule has 0 saturated heterocycles. The predicted molar refractivity (Wildman–Crippen MR) is 90.4 cm³/mol. The van der Waals surface area contributed by atoms with Crippen LogP contribution in [0.3, 0.4) is 0 Å². The number of ketones is 1. The SMILES string of the molecule is O=C1c2ccccc2-c2nc3c4nsnc4c4nsnc4c3nc21. The third-order valence-corrected chi connectivity index (χ3v) is 5.24. The number of hydrogen-bond donors (Lipinski definition) is 0. The van der Waals surface area contributed by atoms with Crippen LogP contribution in [0.2, 0.25) is 0 Å². The third-order valence-electron chi connectivity index (χ3n) is 4.19. The highest BCUT2D eigenvalue weighted by Crippen LogP contribution is 2.38. The molecule has 24 heavy (non-hydrogen) atoms. The molecule has 3 heterocycles. The van der Waals surface area contributed by atoms with Gasteiger partial charge in [0.15, 0.2) is 0 Å². The Balaban J connectivity index is 1.88. The van der Waals surface area contributed by atoms with Gasteiger partial charge in [0.05, 0.1) is 23.5 Å². The van der Waals surface area contributed by atoms with Crippen LogP contribution in [0.1, 0.15) is 16.1 Å². The summed E-state index contributed by atoms with van der Waals surface area (Å²) >= 11 is 2.20. The maximum Gasteiger partial charge on any atom is 0.214 e. The van der Waals surface area contributed by atoms with Crippen molar-refractivity contribution in [1.82, 2.24) is 27.5 Å². The molecule has 112 valence electrons. The fourth-order valence-electron chi connectivity index (χ4n) is 3.13. The summed E-state index contributed by atoms with van der Waals surface area (Å²) in [6.45, 7) is 0. The van der Waals surface area contributed by atoms with E-state index < -0.39 is 0 Å². The molecule has 0 amide bonds. The van der Waals surface area contributed by atoms with Gasteiger partial charge in [-0.1, -0.05) is 24.3 Å². The van der Waals surface area contributed by atoms with Gasteiger partial charge in [-0.25, -0.2) is 9.97 Å². The summed E-state index contributed by atoms with van der Waals surface area (Å²) in [5, 5.41) is 0.